The van der Waals surface area contributed by atoms with Gasteiger partial charge >= 0.3 is 12.0 Å². The molecule has 31 heavy (non-hydrogen) atoms. The third-order valence-electron chi connectivity index (χ3n) is 4.61. The van der Waals surface area contributed by atoms with Crippen molar-refractivity contribution in [1.82, 2.24) is 15.0 Å². The molecular weight excluding hydrogens is 419 g/mol. The Kier molecular flexibility index (Phi) is 5.51. The molecule has 0 amide bonds. The Labute approximate surface area is 181 Å². The van der Waals surface area contributed by atoms with E-state index in [1.165, 1.54) is 17.4 Å². The highest BCUT2D eigenvalue weighted by Gasteiger charge is 2.28. The summed E-state index contributed by atoms with van der Waals surface area (Å²) in [6.45, 7) is 3.12. The smallest absolute Gasteiger partial charge is 0.316 e. The van der Waals surface area contributed by atoms with Gasteiger partial charge in [0.15, 0.2) is 5.13 Å². The van der Waals surface area contributed by atoms with Crippen molar-refractivity contribution in [3.05, 3.63) is 60.7 Å². The van der Waals surface area contributed by atoms with Crippen LogP contribution in [-0.4, -0.2) is 32.6 Å². The molecule has 9 heteroatoms. The molecule has 0 radical (unpaired) electrons. The number of nitrogens with zero attached hydrogens (tertiary/aromatic N) is 3. The fourth-order valence-electron chi connectivity index (χ4n) is 2.68. The van der Waals surface area contributed by atoms with Gasteiger partial charge in [0.1, 0.15) is 12.4 Å². The fraction of sp³-hybridized carbons (Fsp3) is 0.182. The molecule has 2 aromatic heterocycles. The van der Waals surface area contributed by atoms with Crippen LogP contribution in [0.1, 0.15) is 13.8 Å². The highest BCUT2D eigenvalue weighted by atomic mass is 32.1. The predicted octanol–water partition coefficient (Wildman–Crippen LogP) is 5.13. The number of carboxylic acid groups (broad SMARTS) is 1. The molecule has 0 bridgehead atoms. The zero-order valence-electron chi connectivity index (χ0n) is 16.8. The van der Waals surface area contributed by atoms with Crippen LogP contribution in [0.25, 0.3) is 21.3 Å². The van der Waals surface area contributed by atoms with Crippen LogP contribution < -0.4 is 10.1 Å². The first-order valence-electron chi connectivity index (χ1n) is 9.42. The second-order valence-electron chi connectivity index (χ2n) is 7.54. The number of thiazole rings is 1. The first kappa shape index (κ1) is 20.7. The summed E-state index contributed by atoms with van der Waals surface area (Å²) in [5.41, 5.74) is 2.10. The average molecular weight is 438 g/mol. The van der Waals surface area contributed by atoms with E-state index in [1.807, 2.05) is 24.3 Å². The van der Waals surface area contributed by atoms with Gasteiger partial charge < -0.3 is 15.2 Å². The van der Waals surface area contributed by atoms with Crippen molar-refractivity contribution in [1.29, 1.82) is 0 Å². The van der Waals surface area contributed by atoms with E-state index >= 15 is 0 Å². The van der Waals surface area contributed by atoms with E-state index in [0.29, 0.717) is 15.3 Å². The minimum Gasteiger partial charge on any atom is -0.481 e. The van der Waals surface area contributed by atoms with Gasteiger partial charge in [0.05, 0.1) is 15.6 Å². The number of nitrogens with one attached hydrogen (secondary N) is 1. The van der Waals surface area contributed by atoms with Gasteiger partial charge in [-0.3, -0.25) is 4.79 Å². The molecule has 4 aromatic rings. The number of ether oxygens (including phenoxy) is 1. The molecule has 0 aliphatic carbocycles. The van der Waals surface area contributed by atoms with Crippen molar-refractivity contribution in [3.8, 4) is 17.1 Å². The molecule has 2 N–H and O–H groups in total. The number of benzene rings is 2. The zero-order valence-corrected chi connectivity index (χ0v) is 17.6. The van der Waals surface area contributed by atoms with E-state index in [2.05, 4.69) is 20.3 Å². The molecule has 2 aromatic carbocycles. The molecule has 0 saturated carbocycles. The maximum atomic E-state index is 13.8. The zero-order chi connectivity index (χ0) is 22.0. The molecule has 158 valence electrons. The van der Waals surface area contributed by atoms with Crippen molar-refractivity contribution in [2.45, 2.75) is 13.8 Å². The quantitative estimate of drug-likeness (QED) is 0.413. The van der Waals surface area contributed by atoms with Crippen LogP contribution >= 0.6 is 11.3 Å². The van der Waals surface area contributed by atoms with Crippen LogP contribution in [0, 0.1) is 11.2 Å². The van der Waals surface area contributed by atoms with Crippen LogP contribution in [0.4, 0.5) is 15.2 Å². The first-order valence-corrected chi connectivity index (χ1v) is 10.2. The van der Waals surface area contributed by atoms with Crippen LogP contribution in [-0.2, 0) is 4.79 Å². The van der Waals surface area contributed by atoms with Crippen molar-refractivity contribution in [2.75, 3.05) is 11.9 Å². The summed E-state index contributed by atoms with van der Waals surface area (Å²) in [5, 5.41) is 12.9. The predicted molar refractivity (Wildman–Crippen MR) is 117 cm³/mol. The third-order valence-corrected chi connectivity index (χ3v) is 5.60. The van der Waals surface area contributed by atoms with Gasteiger partial charge in [-0.2, -0.15) is 0 Å². The largest absolute Gasteiger partial charge is 0.481 e. The van der Waals surface area contributed by atoms with Crippen molar-refractivity contribution < 1.29 is 19.0 Å². The normalized spacial score (nSPS) is 11.5. The van der Waals surface area contributed by atoms with Gasteiger partial charge in [-0.1, -0.05) is 29.5 Å². The molecular formula is C22H19FN4O3S. The lowest BCUT2D eigenvalue weighted by Crippen LogP contribution is -2.31. The van der Waals surface area contributed by atoms with Crippen LogP contribution in [0.5, 0.6) is 6.01 Å². The van der Waals surface area contributed by atoms with E-state index in [9.17, 15) is 9.18 Å². The molecule has 0 aliphatic rings. The van der Waals surface area contributed by atoms with Crippen molar-refractivity contribution in [3.63, 3.8) is 0 Å². The van der Waals surface area contributed by atoms with E-state index in [0.717, 1.165) is 16.8 Å². The molecule has 0 aliphatic heterocycles. The lowest BCUT2D eigenvalue weighted by molar-refractivity contribution is -0.148. The minimum absolute atomic E-state index is 0.0300. The Morgan fingerprint density at radius 3 is 2.48 bits per heavy atom. The van der Waals surface area contributed by atoms with Gasteiger partial charge in [-0.25, -0.2) is 19.3 Å². The Morgan fingerprint density at radius 2 is 1.84 bits per heavy atom. The van der Waals surface area contributed by atoms with Crippen molar-refractivity contribution in [2.24, 2.45) is 5.41 Å². The molecule has 0 fully saturated rings. The number of hydrogen-bond donors (Lipinski definition) is 2. The third kappa shape index (κ3) is 4.61. The van der Waals surface area contributed by atoms with Crippen LogP contribution in [0.2, 0.25) is 0 Å². The van der Waals surface area contributed by atoms with Gasteiger partial charge in [0, 0.05) is 23.6 Å². The Bertz CT molecular complexity index is 1220. The minimum atomic E-state index is -1.03. The second kappa shape index (κ2) is 8.27. The summed E-state index contributed by atoms with van der Waals surface area (Å²) < 4.78 is 19.8. The maximum absolute atomic E-state index is 13.8. The molecule has 0 atom stereocenters. The molecule has 7 nitrogen and oxygen atoms in total. The summed E-state index contributed by atoms with van der Waals surface area (Å²) in [6, 6.07) is 12.5. The molecule has 0 spiro atoms. The summed E-state index contributed by atoms with van der Waals surface area (Å²) in [7, 11) is 0. The van der Waals surface area contributed by atoms with E-state index in [-0.39, 0.29) is 18.4 Å². The highest BCUT2D eigenvalue weighted by Crippen LogP contribution is 2.31. The maximum Gasteiger partial charge on any atom is 0.316 e. The fourth-order valence-corrected chi connectivity index (χ4v) is 3.57. The van der Waals surface area contributed by atoms with Crippen LogP contribution in [0.3, 0.4) is 0 Å². The summed E-state index contributed by atoms with van der Waals surface area (Å²) in [4.78, 5) is 23.8. The van der Waals surface area contributed by atoms with Gasteiger partial charge in [-0.15, -0.1) is 0 Å². The molecule has 2 heterocycles. The summed E-state index contributed by atoms with van der Waals surface area (Å²) in [6.07, 6.45) is 3.24. The monoisotopic (exact) mass is 438 g/mol. The van der Waals surface area contributed by atoms with Crippen molar-refractivity contribution >= 4 is 38.3 Å². The number of fused-ring (bicyclic) bond motifs is 1. The standard InChI is InChI=1S/C22H19FN4O3S/c1-22(2,19(28)29)12-30-20-24-10-14(11-25-20)13-6-8-15(9-7-13)26-21-27-17-5-3-4-16(23)18(17)31-21/h3-11H,12H2,1-2H3,(H,26,27)(H,28,29). The Balaban J connectivity index is 1.42. The first-order chi connectivity index (χ1) is 14.8. The molecule has 4 rings (SSSR count). The van der Waals surface area contributed by atoms with E-state index in [4.69, 9.17) is 9.84 Å². The summed E-state index contributed by atoms with van der Waals surface area (Å²) >= 11 is 1.26. The topological polar surface area (TPSA) is 97.2 Å². The van der Waals surface area contributed by atoms with E-state index in [1.54, 1.807) is 38.4 Å². The second-order valence-corrected chi connectivity index (χ2v) is 8.54. The molecule has 0 unspecified atom stereocenters. The van der Waals surface area contributed by atoms with E-state index < -0.39 is 11.4 Å². The number of hydrogen-bond acceptors (Lipinski definition) is 7. The number of anilines is 2. The number of carboxylic acids is 1. The van der Waals surface area contributed by atoms with Gasteiger partial charge in [-0.05, 0) is 43.7 Å². The lowest BCUT2D eigenvalue weighted by atomic mass is 9.95. The number of aliphatic carboxylic acids is 1. The lowest BCUT2D eigenvalue weighted by Gasteiger charge is -2.18. The Morgan fingerprint density at radius 1 is 1.13 bits per heavy atom. The summed E-state index contributed by atoms with van der Waals surface area (Å²) in [5.74, 6) is -1.23. The molecule has 0 saturated heterocycles. The average Bonchev–Trinajstić information content (AvgIpc) is 3.17. The van der Waals surface area contributed by atoms with Gasteiger partial charge in [0.2, 0.25) is 0 Å². The Hall–Kier alpha value is -3.59. The SMILES string of the molecule is CC(C)(COc1ncc(-c2ccc(Nc3nc4cccc(F)c4s3)cc2)cn1)C(=O)O. The number of aromatic nitrogens is 3. The number of carbonyl (C=O) groups is 1. The van der Waals surface area contributed by atoms with Crippen LogP contribution in [0.15, 0.2) is 54.9 Å². The van der Waals surface area contributed by atoms with Gasteiger partial charge in [0.25, 0.3) is 0 Å². The number of rotatable bonds is 7. The highest BCUT2D eigenvalue weighted by molar-refractivity contribution is 7.22. The number of halogens is 1.